The molecule has 1 fully saturated rings. The number of hydrogen-bond donors (Lipinski definition) is 0. The van der Waals surface area contributed by atoms with E-state index in [0.717, 1.165) is 23.1 Å². The third-order valence-corrected chi connectivity index (χ3v) is 8.03. The van der Waals surface area contributed by atoms with Crippen LogP contribution in [0.4, 0.5) is 0 Å². The number of hydrogen-bond acceptors (Lipinski definition) is 15. The minimum atomic E-state index is -1.31. The van der Waals surface area contributed by atoms with Gasteiger partial charge in [0.05, 0.1) is 28.4 Å². The van der Waals surface area contributed by atoms with E-state index in [1.807, 2.05) is 16.4 Å². The molecule has 2 aromatic rings. The molecular formula is C32H41NO13S. The minimum absolute atomic E-state index is 0.264. The highest BCUT2D eigenvalue weighted by molar-refractivity contribution is 7.97. The van der Waals surface area contributed by atoms with E-state index in [4.69, 9.17) is 42.6 Å². The van der Waals surface area contributed by atoms with Gasteiger partial charge in [-0.25, -0.2) is 4.31 Å². The Morgan fingerprint density at radius 2 is 1.13 bits per heavy atom. The van der Waals surface area contributed by atoms with Crippen LogP contribution >= 0.6 is 11.9 Å². The first-order valence-electron chi connectivity index (χ1n) is 14.5. The van der Waals surface area contributed by atoms with Gasteiger partial charge in [0, 0.05) is 64.0 Å². The Bertz CT molecular complexity index is 1350. The molecule has 0 N–H and O–H groups in total. The molecule has 0 aliphatic carbocycles. The molecule has 1 heterocycles. The third kappa shape index (κ3) is 10.7. The molecule has 15 heteroatoms. The van der Waals surface area contributed by atoms with Crippen LogP contribution in [0.15, 0.2) is 36.4 Å². The van der Waals surface area contributed by atoms with Crippen LogP contribution in [-0.4, -0.2) is 93.1 Å². The Morgan fingerprint density at radius 3 is 1.55 bits per heavy atom. The summed E-state index contributed by atoms with van der Waals surface area (Å²) in [6.07, 6.45) is -4.92. The summed E-state index contributed by atoms with van der Waals surface area (Å²) in [5, 5.41) is 0. The lowest BCUT2D eigenvalue weighted by molar-refractivity contribution is -0.237. The average Bonchev–Trinajstić information content (AvgIpc) is 3.02. The smallest absolute Gasteiger partial charge is 0.303 e. The molecule has 0 radical (unpaired) electrons. The molecule has 0 amide bonds. The van der Waals surface area contributed by atoms with Gasteiger partial charge in [-0.15, -0.1) is 0 Å². The molecule has 1 saturated heterocycles. The standard InChI is InChI=1S/C32H41NO13S/c1-18(34)42-17-28-29(43-19(2)35)30(44-20(3)36)31(45-21(4)37)32(46-28)47-33(15-22-9-11-24(38-5)13-26(22)40-7)16-23-10-12-25(39-6)14-27(23)41-8/h9-14,28-32H,15-17H2,1-8H3/t28-,29-,30+,31-,32+/m1/s1. The van der Waals surface area contributed by atoms with Gasteiger partial charge in [0.1, 0.15) is 35.7 Å². The van der Waals surface area contributed by atoms with Crippen molar-refractivity contribution in [3.8, 4) is 23.0 Å². The van der Waals surface area contributed by atoms with Crippen LogP contribution in [0.3, 0.4) is 0 Å². The van der Waals surface area contributed by atoms with Crippen molar-refractivity contribution in [1.29, 1.82) is 0 Å². The number of benzene rings is 2. The molecule has 2 aromatic carbocycles. The Labute approximate surface area is 277 Å². The van der Waals surface area contributed by atoms with Gasteiger partial charge in [-0.3, -0.25) is 19.2 Å². The maximum Gasteiger partial charge on any atom is 0.303 e. The summed E-state index contributed by atoms with van der Waals surface area (Å²) >= 11 is 1.14. The van der Waals surface area contributed by atoms with Crippen LogP contribution in [0.5, 0.6) is 23.0 Å². The molecule has 0 spiro atoms. The van der Waals surface area contributed by atoms with Gasteiger partial charge in [-0.05, 0) is 24.1 Å². The van der Waals surface area contributed by atoms with Gasteiger partial charge < -0.3 is 42.6 Å². The number of nitrogens with zero attached hydrogens (tertiary/aromatic N) is 1. The Kier molecular flexibility index (Phi) is 14.0. The lowest BCUT2D eigenvalue weighted by Crippen LogP contribution is -2.62. The zero-order valence-electron chi connectivity index (χ0n) is 27.6. The third-order valence-electron chi connectivity index (χ3n) is 6.88. The topological polar surface area (TPSA) is 155 Å². The van der Waals surface area contributed by atoms with Crippen molar-refractivity contribution in [1.82, 2.24) is 4.31 Å². The van der Waals surface area contributed by atoms with E-state index in [1.54, 1.807) is 52.7 Å². The Hall–Kier alpha value is -4.21. The molecule has 5 atom stereocenters. The predicted molar refractivity (Wildman–Crippen MR) is 168 cm³/mol. The fourth-order valence-electron chi connectivity index (χ4n) is 4.90. The summed E-state index contributed by atoms with van der Waals surface area (Å²) in [7, 11) is 6.19. The summed E-state index contributed by atoms with van der Waals surface area (Å²) in [6.45, 7) is 4.94. The first-order chi connectivity index (χ1) is 22.4. The molecule has 0 aromatic heterocycles. The van der Waals surface area contributed by atoms with E-state index in [2.05, 4.69) is 0 Å². The number of rotatable bonds is 15. The number of carbonyl (C=O) groups excluding carboxylic acids is 4. The highest BCUT2D eigenvalue weighted by Crippen LogP contribution is 2.39. The van der Waals surface area contributed by atoms with Gasteiger partial charge in [0.15, 0.2) is 23.7 Å². The zero-order valence-corrected chi connectivity index (χ0v) is 28.5. The highest BCUT2D eigenvalue weighted by atomic mass is 32.2. The van der Waals surface area contributed by atoms with E-state index >= 15 is 0 Å². The summed E-state index contributed by atoms with van der Waals surface area (Å²) in [5.41, 5.74) is 0.502. The van der Waals surface area contributed by atoms with E-state index < -0.39 is 53.7 Å². The first-order valence-corrected chi connectivity index (χ1v) is 15.4. The number of esters is 4. The van der Waals surface area contributed by atoms with Crippen LogP contribution in [0, 0.1) is 0 Å². The Balaban J connectivity index is 2.11. The second-order valence-corrected chi connectivity index (χ2v) is 11.5. The van der Waals surface area contributed by atoms with Crippen molar-refractivity contribution in [2.45, 2.75) is 70.6 Å². The number of carbonyl (C=O) groups is 4. The Morgan fingerprint density at radius 1 is 0.660 bits per heavy atom. The summed E-state index contributed by atoms with van der Waals surface area (Å²) in [6, 6.07) is 10.8. The van der Waals surface area contributed by atoms with Gasteiger partial charge in [0.25, 0.3) is 0 Å². The molecule has 0 unspecified atom stereocenters. The predicted octanol–water partition coefficient (Wildman–Crippen LogP) is 3.45. The molecular weight excluding hydrogens is 638 g/mol. The molecule has 3 rings (SSSR count). The molecule has 1 aliphatic rings. The van der Waals surface area contributed by atoms with Gasteiger partial charge >= 0.3 is 23.9 Å². The SMILES string of the molecule is COc1ccc(CN(Cc2ccc(OC)cc2OC)S[C@@H]2O[C@H](COC(C)=O)[C@@H](OC(C)=O)[C@H](OC(C)=O)[C@H]2OC(C)=O)c(OC)c1. The van der Waals surface area contributed by atoms with Crippen molar-refractivity contribution in [3.63, 3.8) is 0 Å². The minimum Gasteiger partial charge on any atom is -0.497 e. The van der Waals surface area contributed by atoms with E-state index in [0.29, 0.717) is 23.0 Å². The average molecular weight is 680 g/mol. The van der Waals surface area contributed by atoms with E-state index in [9.17, 15) is 19.2 Å². The van der Waals surface area contributed by atoms with Crippen molar-refractivity contribution in [2.75, 3.05) is 35.0 Å². The molecule has 0 saturated carbocycles. The lowest BCUT2D eigenvalue weighted by Gasteiger charge is -2.45. The lowest BCUT2D eigenvalue weighted by atomic mass is 9.99. The molecule has 258 valence electrons. The van der Waals surface area contributed by atoms with Crippen LogP contribution in [0.25, 0.3) is 0 Å². The fraction of sp³-hybridized carbons (Fsp3) is 0.500. The van der Waals surface area contributed by atoms with E-state index in [-0.39, 0.29) is 19.7 Å². The van der Waals surface area contributed by atoms with Gasteiger partial charge in [-0.1, -0.05) is 12.1 Å². The van der Waals surface area contributed by atoms with Crippen LogP contribution in [-0.2, 0) is 56.0 Å². The normalized spacial score (nSPS) is 20.5. The first kappa shape index (κ1) is 37.2. The molecule has 0 bridgehead atoms. The highest BCUT2D eigenvalue weighted by Gasteiger charge is 2.53. The second-order valence-electron chi connectivity index (χ2n) is 10.3. The van der Waals surface area contributed by atoms with Crippen LogP contribution in [0.2, 0.25) is 0 Å². The van der Waals surface area contributed by atoms with Gasteiger partial charge in [0.2, 0.25) is 0 Å². The summed E-state index contributed by atoms with van der Waals surface area (Å²) in [4.78, 5) is 48.6. The fourth-order valence-corrected chi connectivity index (χ4v) is 6.14. The largest absolute Gasteiger partial charge is 0.497 e. The van der Waals surface area contributed by atoms with Crippen molar-refractivity contribution in [2.24, 2.45) is 0 Å². The summed E-state index contributed by atoms with van der Waals surface area (Å²) < 4.78 is 52.3. The van der Waals surface area contributed by atoms with Crippen molar-refractivity contribution >= 4 is 35.8 Å². The molecule has 14 nitrogen and oxygen atoms in total. The number of ether oxygens (including phenoxy) is 9. The summed E-state index contributed by atoms with van der Waals surface area (Å²) in [5.74, 6) is -0.425. The monoisotopic (exact) mass is 679 g/mol. The van der Waals surface area contributed by atoms with Crippen molar-refractivity contribution in [3.05, 3.63) is 47.5 Å². The van der Waals surface area contributed by atoms with E-state index in [1.165, 1.54) is 27.7 Å². The zero-order chi connectivity index (χ0) is 34.7. The van der Waals surface area contributed by atoms with Gasteiger partial charge in [-0.2, -0.15) is 0 Å². The van der Waals surface area contributed by atoms with Crippen molar-refractivity contribution < 1.29 is 61.8 Å². The maximum atomic E-state index is 12.4. The number of methoxy groups -OCH3 is 4. The maximum absolute atomic E-state index is 12.4. The van der Waals surface area contributed by atoms with Crippen LogP contribution in [0.1, 0.15) is 38.8 Å². The second kappa shape index (κ2) is 17.6. The quantitative estimate of drug-likeness (QED) is 0.153. The molecule has 1 aliphatic heterocycles. The van der Waals surface area contributed by atoms with Crippen LogP contribution < -0.4 is 18.9 Å². The molecule has 47 heavy (non-hydrogen) atoms.